The third-order valence-corrected chi connectivity index (χ3v) is 3.96. The van der Waals surface area contributed by atoms with Crippen molar-refractivity contribution >= 4 is 0 Å². The van der Waals surface area contributed by atoms with Crippen LogP contribution in [0.5, 0.6) is 0 Å². The lowest BCUT2D eigenvalue weighted by Gasteiger charge is -2.36. The van der Waals surface area contributed by atoms with E-state index in [1.54, 1.807) is 0 Å². The Balaban J connectivity index is 1.75. The molecular weight excluding hydrogens is 214 g/mol. The molecule has 4 nitrogen and oxygen atoms in total. The molecule has 1 saturated carbocycles. The number of ether oxygens (including phenoxy) is 1. The van der Waals surface area contributed by atoms with Crippen LogP contribution in [-0.2, 0) is 4.74 Å². The van der Waals surface area contributed by atoms with Crippen LogP contribution in [0.4, 0.5) is 0 Å². The molecule has 2 atom stereocenters. The molecule has 2 rings (SSSR count). The smallest absolute Gasteiger partial charge is 0.0868 e. The van der Waals surface area contributed by atoms with E-state index in [1.807, 2.05) is 0 Å². The van der Waals surface area contributed by atoms with Crippen molar-refractivity contribution in [2.45, 2.75) is 51.2 Å². The van der Waals surface area contributed by atoms with Gasteiger partial charge in [0.2, 0.25) is 0 Å². The first-order chi connectivity index (χ1) is 8.33. The van der Waals surface area contributed by atoms with E-state index in [1.165, 1.54) is 32.2 Å². The van der Waals surface area contributed by atoms with Gasteiger partial charge in [-0.3, -0.25) is 16.2 Å². The lowest BCUT2D eigenvalue weighted by Crippen LogP contribution is -2.54. The Morgan fingerprint density at radius 1 is 1.47 bits per heavy atom. The van der Waals surface area contributed by atoms with Gasteiger partial charge in [-0.15, -0.1) is 0 Å². The van der Waals surface area contributed by atoms with Gasteiger partial charge in [0, 0.05) is 19.1 Å². The van der Waals surface area contributed by atoms with Crippen LogP contribution in [-0.4, -0.2) is 43.3 Å². The average molecular weight is 241 g/mol. The molecule has 1 heterocycles. The number of hydrogen-bond donors (Lipinski definition) is 2. The summed E-state index contributed by atoms with van der Waals surface area (Å²) in [6.07, 6.45) is 6.80. The van der Waals surface area contributed by atoms with Crippen LogP contribution in [0, 0.1) is 5.92 Å². The highest BCUT2D eigenvalue weighted by Gasteiger charge is 2.29. The Kier molecular flexibility index (Phi) is 5.22. The van der Waals surface area contributed by atoms with Crippen LogP contribution in [0.25, 0.3) is 0 Å². The first-order valence-corrected chi connectivity index (χ1v) is 7.13. The first-order valence-electron chi connectivity index (χ1n) is 7.13. The predicted octanol–water partition coefficient (Wildman–Crippen LogP) is 1.12. The summed E-state index contributed by atoms with van der Waals surface area (Å²) in [5.41, 5.74) is 2.97. The van der Waals surface area contributed by atoms with Crippen molar-refractivity contribution < 1.29 is 4.74 Å². The standard InChI is InChI=1S/C13H27N3O/c1-2-7-16-8-9-17-13(10-16)12(15-14)6-5-11-3-4-11/h11-13,15H,2-10,14H2,1H3. The summed E-state index contributed by atoms with van der Waals surface area (Å²) in [5.74, 6) is 6.65. The van der Waals surface area contributed by atoms with Gasteiger partial charge in [-0.05, 0) is 31.7 Å². The maximum atomic E-state index is 5.88. The highest BCUT2D eigenvalue weighted by Crippen LogP contribution is 2.34. The minimum atomic E-state index is 0.277. The molecule has 17 heavy (non-hydrogen) atoms. The van der Waals surface area contributed by atoms with Gasteiger partial charge in [0.25, 0.3) is 0 Å². The van der Waals surface area contributed by atoms with Gasteiger partial charge in [0.05, 0.1) is 12.7 Å². The second-order valence-corrected chi connectivity index (χ2v) is 5.50. The van der Waals surface area contributed by atoms with E-state index >= 15 is 0 Å². The average Bonchev–Trinajstić information content (AvgIpc) is 3.15. The van der Waals surface area contributed by atoms with Crippen LogP contribution in [0.2, 0.25) is 0 Å². The van der Waals surface area contributed by atoms with Gasteiger partial charge >= 0.3 is 0 Å². The van der Waals surface area contributed by atoms with Crippen molar-refractivity contribution in [2.24, 2.45) is 11.8 Å². The van der Waals surface area contributed by atoms with Crippen LogP contribution in [0.15, 0.2) is 0 Å². The number of nitrogens with two attached hydrogens (primary N) is 1. The highest BCUT2D eigenvalue weighted by molar-refractivity contribution is 4.84. The van der Waals surface area contributed by atoms with Crippen molar-refractivity contribution in [3.05, 3.63) is 0 Å². The van der Waals surface area contributed by atoms with E-state index in [9.17, 15) is 0 Å². The Morgan fingerprint density at radius 3 is 2.94 bits per heavy atom. The van der Waals surface area contributed by atoms with Crippen LogP contribution in [0.3, 0.4) is 0 Å². The van der Waals surface area contributed by atoms with E-state index < -0.39 is 0 Å². The number of rotatable bonds is 7. The number of hydrogen-bond acceptors (Lipinski definition) is 4. The molecule has 2 aliphatic rings. The third-order valence-electron chi connectivity index (χ3n) is 3.96. The quantitative estimate of drug-likeness (QED) is 0.518. The van der Waals surface area contributed by atoms with Crippen molar-refractivity contribution in [3.63, 3.8) is 0 Å². The molecule has 0 bridgehead atoms. The molecular formula is C13H27N3O. The molecule has 4 heteroatoms. The van der Waals surface area contributed by atoms with Crippen LogP contribution < -0.4 is 11.3 Å². The molecule has 0 aromatic carbocycles. The maximum Gasteiger partial charge on any atom is 0.0868 e. The van der Waals surface area contributed by atoms with Crippen molar-refractivity contribution in [3.8, 4) is 0 Å². The zero-order chi connectivity index (χ0) is 12.1. The summed E-state index contributed by atoms with van der Waals surface area (Å²) >= 11 is 0. The third kappa shape index (κ3) is 4.21. The zero-order valence-corrected chi connectivity index (χ0v) is 11.0. The second-order valence-electron chi connectivity index (χ2n) is 5.50. The fourth-order valence-corrected chi connectivity index (χ4v) is 2.69. The minimum Gasteiger partial charge on any atom is -0.374 e. The molecule has 3 N–H and O–H groups in total. The van der Waals surface area contributed by atoms with Gasteiger partial charge in [0.1, 0.15) is 0 Å². The monoisotopic (exact) mass is 241 g/mol. The fourth-order valence-electron chi connectivity index (χ4n) is 2.69. The normalized spacial score (nSPS) is 28.2. The highest BCUT2D eigenvalue weighted by atomic mass is 16.5. The summed E-state index contributed by atoms with van der Waals surface area (Å²) in [4.78, 5) is 2.50. The molecule has 0 amide bonds. The Labute approximate surface area is 105 Å². The summed E-state index contributed by atoms with van der Waals surface area (Å²) in [6.45, 7) is 6.37. The summed E-state index contributed by atoms with van der Waals surface area (Å²) in [5, 5.41) is 0. The fraction of sp³-hybridized carbons (Fsp3) is 1.00. The SMILES string of the molecule is CCCN1CCOC(C(CCC2CC2)NN)C1. The maximum absolute atomic E-state index is 5.88. The number of nitrogens with one attached hydrogen (secondary N) is 1. The minimum absolute atomic E-state index is 0.277. The molecule has 1 saturated heterocycles. The summed E-state index contributed by atoms with van der Waals surface area (Å²) < 4.78 is 5.88. The number of hydrazine groups is 1. The van der Waals surface area contributed by atoms with Gasteiger partial charge in [-0.25, -0.2) is 0 Å². The van der Waals surface area contributed by atoms with Crippen molar-refractivity contribution in [1.82, 2.24) is 10.3 Å². The van der Waals surface area contributed by atoms with E-state index in [-0.39, 0.29) is 6.10 Å². The Hall–Kier alpha value is -0.160. The second kappa shape index (κ2) is 6.69. The van der Waals surface area contributed by atoms with Crippen LogP contribution in [0.1, 0.15) is 39.0 Å². The predicted molar refractivity (Wildman–Crippen MR) is 69.5 cm³/mol. The zero-order valence-electron chi connectivity index (χ0n) is 11.0. The van der Waals surface area contributed by atoms with E-state index in [2.05, 4.69) is 17.2 Å². The molecule has 0 aromatic rings. The molecule has 1 aliphatic carbocycles. The largest absolute Gasteiger partial charge is 0.374 e. The number of morpholine rings is 1. The van der Waals surface area contributed by atoms with E-state index in [0.717, 1.165) is 32.0 Å². The van der Waals surface area contributed by atoms with Crippen molar-refractivity contribution in [2.75, 3.05) is 26.2 Å². The Bertz CT molecular complexity index is 219. The molecule has 2 fully saturated rings. The van der Waals surface area contributed by atoms with Crippen molar-refractivity contribution in [1.29, 1.82) is 0 Å². The van der Waals surface area contributed by atoms with Gasteiger partial charge in [0.15, 0.2) is 0 Å². The van der Waals surface area contributed by atoms with E-state index in [4.69, 9.17) is 10.6 Å². The lowest BCUT2D eigenvalue weighted by molar-refractivity contribution is -0.0480. The topological polar surface area (TPSA) is 50.5 Å². The summed E-state index contributed by atoms with van der Waals surface area (Å²) in [7, 11) is 0. The van der Waals surface area contributed by atoms with Crippen LogP contribution >= 0.6 is 0 Å². The van der Waals surface area contributed by atoms with Gasteiger partial charge < -0.3 is 4.74 Å². The molecule has 2 unspecified atom stereocenters. The molecule has 1 aliphatic heterocycles. The summed E-state index contributed by atoms with van der Waals surface area (Å²) in [6, 6.07) is 0.329. The molecule has 0 radical (unpaired) electrons. The van der Waals surface area contributed by atoms with Gasteiger partial charge in [-0.1, -0.05) is 19.8 Å². The first kappa shape index (κ1) is 13.3. The van der Waals surface area contributed by atoms with E-state index in [0.29, 0.717) is 6.04 Å². The Morgan fingerprint density at radius 2 is 2.29 bits per heavy atom. The molecule has 100 valence electrons. The molecule has 0 spiro atoms. The number of nitrogens with zero attached hydrogens (tertiary/aromatic N) is 1. The van der Waals surface area contributed by atoms with Gasteiger partial charge in [-0.2, -0.15) is 0 Å². The molecule has 0 aromatic heterocycles. The lowest BCUT2D eigenvalue weighted by atomic mass is 10.0.